The molecule has 13 heteroatoms. The number of hydrogen-bond donors (Lipinski definition) is 1. The summed E-state index contributed by atoms with van der Waals surface area (Å²) >= 11 is 0. The quantitative estimate of drug-likeness (QED) is 0.660. The summed E-state index contributed by atoms with van der Waals surface area (Å²) in [6, 6.07) is 2.01. The number of pyridine rings is 1. The number of carbonyl (C=O) groups excluding carboxylic acids is 1. The molecular weight excluding hydrogens is 406 g/mol. The van der Waals surface area contributed by atoms with Gasteiger partial charge in [-0.25, -0.2) is 15.0 Å². The molecule has 0 aliphatic heterocycles. The van der Waals surface area contributed by atoms with Gasteiger partial charge in [-0.15, -0.1) is 0 Å². The van der Waals surface area contributed by atoms with Crippen molar-refractivity contribution in [3.63, 3.8) is 0 Å². The van der Waals surface area contributed by atoms with E-state index in [-0.39, 0.29) is 11.4 Å². The van der Waals surface area contributed by atoms with E-state index in [1.54, 1.807) is 0 Å². The van der Waals surface area contributed by atoms with Crippen LogP contribution in [0.25, 0.3) is 11.5 Å². The van der Waals surface area contributed by atoms with Crippen molar-refractivity contribution >= 4 is 11.6 Å². The second-order valence-electron chi connectivity index (χ2n) is 5.73. The molecular formula is C16H10F6N6O. The van der Waals surface area contributed by atoms with Crippen molar-refractivity contribution in [2.24, 2.45) is 7.05 Å². The number of alkyl halides is 6. The van der Waals surface area contributed by atoms with Gasteiger partial charge in [0.2, 0.25) is 0 Å². The van der Waals surface area contributed by atoms with Crippen LogP contribution >= 0.6 is 0 Å². The summed E-state index contributed by atoms with van der Waals surface area (Å²) in [5, 5.41) is 2.08. The zero-order valence-electron chi connectivity index (χ0n) is 14.4. The summed E-state index contributed by atoms with van der Waals surface area (Å²) in [6.45, 7) is 0. The summed E-state index contributed by atoms with van der Waals surface area (Å²) in [4.78, 5) is 26.5. The van der Waals surface area contributed by atoms with E-state index in [4.69, 9.17) is 0 Å². The molecule has 3 aromatic heterocycles. The Kier molecular flexibility index (Phi) is 4.98. The van der Waals surface area contributed by atoms with Gasteiger partial charge >= 0.3 is 12.4 Å². The van der Waals surface area contributed by atoms with Crippen molar-refractivity contribution in [1.82, 2.24) is 24.5 Å². The lowest BCUT2D eigenvalue weighted by Gasteiger charge is -2.12. The number of imidazole rings is 1. The maximum absolute atomic E-state index is 13.2. The number of aromatic nitrogens is 5. The minimum absolute atomic E-state index is 0.105. The highest BCUT2D eigenvalue weighted by atomic mass is 19.4. The number of anilines is 1. The number of nitrogens with zero attached hydrogens (tertiary/aromatic N) is 5. The Bertz CT molecular complexity index is 1060. The number of amides is 1. The van der Waals surface area contributed by atoms with E-state index < -0.39 is 41.2 Å². The average Bonchev–Trinajstić information content (AvgIpc) is 3.06. The number of nitrogens with one attached hydrogen (secondary N) is 1. The van der Waals surface area contributed by atoms with Gasteiger partial charge in [0.25, 0.3) is 5.91 Å². The van der Waals surface area contributed by atoms with Crippen molar-refractivity contribution in [3.05, 3.63) is 54.0 Å². The highest BCUT2D eigenvalue weighted by Gasteiger charge is 2.35. The monoisotopic (exact) mass is 416 g/mol. The van der Waals surface area contributed by atoms with Gasteiger partial charge in [-0.2, -0.15) is 26.3 Å². The first kappa shape index (κ1) is 20.2. The van der Waals surface area contributed by atoms with Gasteiger partial charge in [-0.3, -0.25) is 9.78 Å². The first-order valence-electron chi connectivity index (χ1n) is 7.73. The Labute approximate surface area is 158 Å². The Morgan fingerprint density at radius 1 is 1.03 bits per heavy atom. The Morgan fingerprint density at radius 3 is 2.31 bits per heavy atom. The van der Waals surface area contributed by atoms with Crippen LogP contribution in [0.2, 0.25) is 0 Å². The molecule has 1 amide bonds. The van der Waals surface area contributed by atoms with Crippen LogP contribution in [0.5, 0.6) is 0 Å². The second-order valence-corrected chi connectivity index (χ2v) is 5.73. The van der Waals surface area contributed by atoms with E-state index in [2.05, 4.69) is 25.3 Å². The highest BCUT2D eigenvalue weighted by molar-refractivity contribution is 6.03. The van der Waals surface area contributed by atoms with Gasteiger partial charge in [-0.05, 0) is 12.1 Å². The molecule has 0 atom stereocenters. The molecule has 3 aromatic rings. The standard InChI is InChI=1S/C16H10F6N6O/c1-28-7-23-6-10(28)13-26-9(5-12(27-13)16(20,21)22)14(29)25-8-2-3-24-11(4-8)15(17,18)19/h2-7H,1H3,(H,24,25,29). The molecule has 152 valence electrons. The summed E-state index contributed by atoms with van der Waals surface area (Å²) in [7, 11) is 1.49. The maximum atomic E-state index is 13.2. The predicted octanol–water partition coefficient (Wildman–Crippen LogP) is 3.56. The van der Waals surface area contributed by atoms with Crippen LogP contribution in [-0.4, -0.2) is 30.4 Å². The van der Waals surface area contributed by atoms with Crippen LogP contribution in [0.15, 0.2) is 36.9 Å². The fraction of sp³-hybridized carbons (Fsp3) is 0.188. The van der Waals surface area contributed by atoms with Gasteiger partial charge in [-0.1, -0.05) is 0 Å². The molecule has 0 aliphatic carbocycles. The molecule has 3 heterocycles. The molecule has 0 aliphatic rings. The third kappa shape index (κ3) is 4.50. The molecule has 0 radical (unpaired) electrons. The van der Waals surface area contributed by atoms with Crippen molar-refractivity contribution in [2.75, 3.05) is 5.32 Å². The smallest absolute Gasteiger partial charge is 0.331 e. The molecule has 29 heavy (non-hydrogen) atoms. The number of rotatable bonds is 3. The first-order chi connectivity index (χ1) is 13.4. The number of hydrogen-bond acceptors (Lipinski definition) is 5. The fourth-order valence-electron chi connectivity index (χ4n) is 2.25. The molecule has 7 nitrogen and oxygen atoms in total. The minimum atomic E-state index is -4.88. The third-order valence-corrected chi connectivity index (χ3v) is 3.60. The molecule has 1 N–H and O–H groups in total. The summed E-state index contributed by atoms with van der Waals surface area (Å²) in [5.41, 5.74) is -3.56. The molecule has 3 rings (SSSR count). The topological polar surface area (TPSA) is 85.6 Å². The fourth-order valence-corrected chi connectivity index (χ4v) is 2.25. The van der Waals surface area contributed by atoms with Crippen LogP contribution in [0.3, 0.4) is 0 Å². The van der Waals surface area contributed by atoms with Crippen LogP contribution < -0.4 is 5.32 Å². The van der Waals surface area contributed by atoms with E-state index in [9.17, 15) is 31.1 Å². The lowest BCUT2D eigenvalue weighted by molar-refractivity contribution is -0.142. The SMILES string of the molecule is Cn1cncc1-c1nc(C(=O)Nc2ccnc(C(F)(F)F)c2)cc(C(F)(F)F)n1. The third-order valence-electron chi connectivity index (χ3n) is 3.60. The van der Waals surface area contributed by atoms with E-state index in [0.29, 0.717) is 12.1 Å². The lowest BCUT2D eigenvalue weighted by atomic mass is 10.2. The molecule has 0 aromatic carbocycles. The van der Waals surface area contributed by atoms with Crippen LogP contribution in [0, 0.1) is 0 Å². The summed E-state index contributed by atoms with van der Waals surface area (Å²) in [5.74, 6) is -1.57. The van der Waals surface area contributed by atoms with Crippen molar-refractivity contribution < 1.29 is 31.1 Å². The molecule has 0 saturated carbocycles. The molecule has 0 fully saturated rings. The Hall–Kier alpha value is -3.51. The number of carbonyl (C=O) groups is 1. The minimum Gasteiger partial charge on any atom is -0.331 e. The van der Waals surface area contributed by atoms with Crippen LogP contribution in [-0.2, 0) is 19.4 Å². The lowest BCUT2D eigenvalue weighted by Crippen LogP contribution is -2.19. The van der Waals surface area contributed by atoms with Gasteiger partial charge in [0.1, 0.15) is 22.8 Å². The van der Waals surface area contributed by atoms with Crippen molar-refractivity contribution in [2.45, 2.75) is 12.4 Å². The van der Waals surface area contributed by atoms with E-state index in [1.165, 1.54) is 24.1 Å². The summed E-state index contributed by atoms with van der Waals surface area (Å²) in [6.07, 6.45) is -6.33. The van der Waals surface area contributed by atoms with Gasteiger partial charge in [0.15, 0.2) is 5.82 Å². The van der Waals surface area contributed by atoms with E-state index in [0.717, 1.165) is 12.3 Å². The normalized spacial score (nSPS) is 12.1. The molecule has 0 spiro atoms. The van der Waals surface area contributed by atoms with Gasteiger partial charge in [0.05, 0.1) is 12.5 Å². The van der Waals surface area contributed by atoms with Gasteiger partial charge in [0, 0.05) is 25.0 Å². The Balaban J connectivity index is 1.99. The van der Waals surface area contributed by atoms with Crippen LogP contribution in [0.4, 0.5) is 32.0 Å². The van der Waals surface area contributed by atoms with Gasteiger partial charge < -0.3 is 9.88 Å². The number of halogens is 6. The largest absolute Gasteiger partial charge is 0.433 e. The summed E-state index contributed by atoms with van der Waals surface area (Å²) < 4.78 is 79.1. The maximum Gasteiger partial charge on any atom is 0.433 e. The second kappa shape index (κ2) is 7.14. The number of aryl methyl sites for hydroxylation is 1. The molecule has 0 unspecified atom stereocenters. The van der Waals surface area contributed by atoms with E-state index in [1.807, 2.05) is 0 Å². The van der Waals surface area contributed by atoms with E-state index >= 15 is 0 Å². The highest BCUT2D eigenvalue weighted by Crippen LogP contribution is 2.31. The van der Waals surface area contributed by atoms with Crippen molar-refractivity contribution in [1.29, 1.82) is 0 Å². The van der Waals surface area contributed by atoms with Crippen molar-refractivity contribution in [3.8, 4) is 11.5 Å². The van der Waals surface area contributed by atoms with Crippen LogP contribution in [0.1, 0.15) is 21.9 Å². The predicted molar refractivity (Wildman–Crippen MR) is 86.4 cm³/mol. The zero-order valence-corrected chi connectivity index (χ0v) is 14.4. The molecule has 0 saturated heterocycles. The zero-order chi connectivity index (χ0) is 21.4. The Morgan fingerprint density at radius 2 is 1.72 bits per heavy atom. The molecule has 0 bridgehead atoms. The first-order valence-corrected chi connectivity index (χ1v) is 7.73. The average molecular weight is 416 g/mol.